The molecule has 0 bridgehead atoms. The van der Waals surface area contributed by atoms with E-state index < -0.39 is 5.09 Å². The fraction of sp³-hybridized carbons (Fsp3) is 0.857. The molecular weight excluding hydrogens is 188 g/mol. The van der Waals surface area contributed by atoms with E-state index in [1.54, 1.807) is 0 Å². The maximum absolute atomic E-state index is 9.82. The van der Waals surface area contributed by atoms with Gasteiger partial charge in [0.25, 0.3) is 5.09 Å². The smallest absolute Gasteiger partial charge is 0.294 e. The minimum absolute atomic E-state index is 0.0402. The Bertz CT molecular complexity index is 176. The lowest BCUT2D eigenvalue weighted by Gasteiger charge is -2.18. The Kier molecular flexibility index (Phi) is 7.43. The molecule has 0 aliphatic rings. The van der Waals surface area contributed by atoms with Crippen LogP contribution in [-0.4, -0.2) is 36.1 Å². The van der Waals surface area contributed by atoms with Crippen molar-refractivity contribution in [1.82, 2.24) is 10.4 Å². The van der Waals surface area contributed by atoms with Gasteiger partial charge in [-0.2, -0.15) is 0 Å². The second kappa shape index (κ2) is 8.24. The van der Waals surface area contributed by atoms with Crippen molar-refractivity contribution in [1.29, 1.82) is 5.41 Å². The van der Waals surface area contributed by atoms with Gasteiger partial charge in [0.05, 0.1) is 12.9 Å². The molecule has 0 heterocycles. The van der Waals surface area contributed by atoms with Crippen molar-refractivity contribution >= 4 is 6.34 Å². The lowest BCUT2D eigenvalue weighted by atomic mass is 10.3. The van der Waals surface area contributed by atoms with Gasteiger partial charge >= 0.3 is 0 Å². The van der Waals surface area contributed by atoms with E-state index in [9.17, 15) is 10.1 Å². The first-order valence-corrected chi connectivity index (χ1v) is 4.48. The zero-order chi connectivity index (χ0) is 10.8. The summed E-state index contributed by atoms with van der Waals surface area (Å²) in [6.07, 6.45) is 3.14. The molecule has 0 aliphatic heterocycles. The molecule has 0 rings (SSSR count). The lowest BCUT2D eigenvalue weighted by molar-refractivity contribution is -0.757. The first-order valence-electron chi connectivity index (χ1n) is 4.48. The monoisotopic (exact) mass is 204 g/mol. The van der Waals surface area contributed by atoms with Crippen molar-refractivity contribution in [2.24, 2.45) is 0 Å². The minimum Gasteiger partial charge on any atom is -0.312 e. The number of unbranched alkanes of at least 4 members (excludes halogenated alkanes) is 1. The van der Waals surface area contributed by atoms with Gasteiger partial charge in [-0.05, 0) is 6.42 Å². The van der Waals surface area contributed by atoms with Crippen LogP contribution in [0, 0.1) is 15.5 Å². The topological polar surface area (TPSA) is 91.5 Å². The summed E-state index contributed by atoms with van der Waals surface area (Å²) < 4.78 is 0. The maximum atomic E-state index is 9.82. The molecule has 7 nitrogen and oxygen atoms in total. The molecule has 0 aromatic heterocycles. The predicted molar refractivity (Wildman–Crippen MR) is 51.3 cm³/mol. The standard InChI is InChI=1S/C7H16N4O3/c1-2-3-4-9-10(7-8)5-6-14-11(12)13/h7-9H,2-6H2,1H3. The zero-order valence-electron chi connectivity index (χ0n) is 8.23. The Labute approximate surface area is 82.6 Å². The summed E-state index contributed by atoms with van der Waals surface area (Å²) in [4.78, 5) is 13.9. The molecule has 0 saturated carbocycles. The van der Waals surface area contributed by atoms with Crippen LogP contribution in [0.5, 0.6) is 0 Å². The van der Waals surface area contributed by atoms with E-state index in [-0.39, 0.29) is 13.2 Å². The van der Waals surface area contributed by atoms with Crippen LogP contribution in [0.3, 0.4) is 0 Å². The van der Waals surface area contributed by atoms with Gasteiger partial charge in [0, 0.05) is 6.54 Å². The molecule has 0 fully saturated rings. The van der Waals surface area contributed by atoms with Gasteiger partial charge in [-0.3, -0.25) is 10.4 Å². The molecule has 0 atom stereocenters. The number of hydrazine groups is 1. The van der Waals surface area contributed by atoms with Crippen molar-refractivity contribution in [2.45, 2.75) is 19.8 Å². The van der Waals surface area contributed by atoms with Gasteiger partial charge in [0.2, 0.25) is 0 Å². The van der Waals surface area contributed by atoms with Crippen molar-refractivity contribution in [3.05, 3.63) is 10.1 Å². The van der Waals surface area contributed by atoms with Crippen LogP contribution >= 0.6 is 0 Å². The molecule has 0 aromatic carbocycles. The third kappa shape index (κ3) is 7.29. The van der Waals surface area contributed by atoms with Crippen LogP contribution in [0.1, 0.15) is 19.8 Å². The Morgan fingerprint density at radius 2 is 2.43 bits per heavy atom. The number of nitrogens with zero attached hydrogens (tertiary/aromatic N) is 2. The summed E-state index contributed by atoms with van der Waals surface area (Å²) in [5, 5.41) is 17.4. The van der Waals surface area contributed by atoms with Gasteiger partial charge in [0.1, 0.15) is 6.61 Å². The van der Waals surface area contributed by atoms with Crippen molar-refractivity contribution in [3.8, 4) is 0 Å². The van der Waals surface area contributed by atoms with Gasteiger partial charge < -0.3 is 4.84 Å². The minimum atomic E-state index is -0.839. The first-order chi connectivity index (χ1) is 6.70. The van der Waals surface area contributed by atoms with E-state index in [0.717, 1.165) is 25.7 Å². The third-order valence-electron chi connectivity index (χ3n) is 1.53. The van der Waals surface area contributed by atoms with Gasteiger partial charge in [0.15, 0.2) is 0 Å². The normalized spacial score (nSPS) is 9.50. The molecule has 0 aliphatic carbocycles. The van der Waals surface area contributed by atoms with Crippen LogP contribution in [0.4, 0.5) is 0 Å². The molecule has 14 heavy (non-hydrogen) atoms. The van der Waals surface area contributed by atoms with E-state index in [2.05, 4.69) is 17.2 Å². The van der Waals surface area contributed by atoms with E-state index in [0.29, 0.717) is 0 Å². The van der Waals surface area contributed by atoms with Crippen LogP contribution in [0.25, 0.3) is 0 Å². The molecule has 0 unspecified atom stereocenters. The largest absolute Gasteiger partial charge is 0.312 e. The summed E-state index contributed by atoms with van der Waals surface area (Å²) in [6.45, 7) is 3.06. The van der Waals surface area contributed by atoms with Crippen LogP contribution in [-0.2, 0) is 4.84 Å². The summed E-state index contributed by atoms with van der Waals surface area (Å²) >= 11 is 0. The van der Waals surface area contributed by atoms with Crippen LogP contribution < -0.4 is 5.43 Å². The van der Waals surface area contributed by atoms with E-state index >= 15 is 0 Å². The predicted octanol–water partition coefficient (Wildman–Crippen LogP) is 0.408. The highest BCUT2D eigenvalue weighted by Gasteiger charge is 2.00. The molecule has 0 radical (unpaired) electrons. The highest BCUT2D eigenvalue weighted by molar-refractivity contribution is 5.49. The highest BCUT2D eigenvalue weighted by atomic mass is 16.9. The Morgan fingerprint density at radius 3 is 2.93 bits per heavy atom. The maximum Gasteiger partial charge on any atom is 0.294 e. The molecule has 82 valence electrons. The van der Waals surface area contributed by atoms with Crippen molar-refractivity contribution < 1.29 is 9.92 Å². The zero-order valence-corrected chi connectivity index (χ0v) is 8.23. The number of hydrogen-bond donors (Lipinski definition) is 2. The van der Waals surface area contributed by atoms with Crippen LogP contribution in [0.15, 0.2) is 0 Å². The first kappa shape index (κ1) is 12.6. The van der Waals surface area contributed by atoms with E-state index in [4.69, 9.17) is 5.41 Å². The lowest BCUT2D eigenvalue weighted by Crippen LogP contribution is -2.39. The summed E-state index contributed by atoms with van der Waals surface area (Å²) in [7, 11) is 0. The molecule has 2 N–H and O–H groups in total. The second-order valence-electron chi connectivity index (χ2n) is 2.64. The number of nitrogens with one attached hydrogen (secondary N) is 2. The van der Waals surface area contributed by atoms with E-state index in [1.807, 2.05) is 0 Å². The average molecular weight is 204 g/mol. The highest BCUT2D eigenvalue weighted by Crippen LogP contribution is 1.85. The molecule has 0 saturated heterocycles. The fourth-order valence-corrected chi connectivity index (χ4v) is 0.802. The second-order valence-corrected chi connectivity index (χ2v) is 2.64. The Balaban J connectivity index is 3.47. The molecule has 0 aromatic rings. The Morgan fingerprint density at radius 1 is 1.71 bits per heavy atom. The van der Waals surface area contributed by atoms with Gasteiger partial charge in [-0.1, -0.05) is 13.3 Å². The summed E-state index contributed by atoms with van der Waals surface area (Å²) in [5.74, 6) is 0. The fourth-order valence-electron chi connectivity index (χ4n) is 0.802. The van der Waals surface area contributed by atoms with Crippen molar-refractivity contribution in [3.63, 3.8) is 0 Å². The molecular formula is C7H16N4O3. The SMILES string of the molecule is CCCCNN(C=N)CCO[N+](=O)[O-]. The third-order valence-corrected chi connectivity index (χ3v) is 1.53. The average Bonchev–Trinajstić information content (AvgIpc) is 2.15. The molecule has 0 amide bonds. The van der Waals surface area contributed by atoms with Gasteiger partial charge in [-0.25, -0.2) is 5.43 Å². The summed E-state index contributed by atoms with van der Waals surface area (Å²) in [5.41, 5.74) is 2.93. The van der Waals surface area contributed by atoms with Gasteiger partial charge in [-0.15, -0.1) is 10.1 Å². The quantitative estimate of drug-likeness (QED) is 0.186. The molecule has 7 heteroatoms. The van der Waals surface area contributed by atoms with E-state index in [1.165, 1.54) is 5.01 Å². The Hall–Kier alpha value is -1.37. The number of hydrogen-bond acceptors (Lipinski definition) is 5. The van der Waals surface area contributed by atoms with Crippen molar-refractivity contribution in [2.75, 3.05) is 19.7 Å². The number of rotatable bonds is 9. The molecule has 0 spiro atoms. The summed E-state index contributed by atoms with van der Waals surface area (Å²) in [6, 6.07) is 0. The van der Waals surface area contributed by atoms with Crippen LogP contribution in [0.2, 0.25) is 0 Å².